The molecule has 0 aromatic heterocycles. The van der Waals surface area contributed by atoms with E-state index in [9.17, 15) is 9.59 Å². The van der Waals surface area contributed by atoms with E-state index in [4.69, 9.17) is 28.9 Å². The van der Waals surface area contributed by atoms with Crippen LogP contribution in [0, 0.1) is 0 Å². The third-order valence-electron chi connectivity index (χ3n) is 2.98. The minimum Gasteiger partial charge on any atom is -0.366 e. The van der Waals surface area contributed by atoms with Crippen molar-refractivity contribution in [3.05, 3.63) is 63.6 Å². The van der Waals surface area contributed by atoms with Gasteiger partial charge in [0, 0.05) is 11.3 Å². The van der Waals surface area contributed by atoms with Crippen molar-refractivity contribution in [2.45, 2.75) is 6.54 Å². The molecule has 0 unspecified atom stereocenters. The molecule has 0 spiro atoms. The minimum atomic E-state index is -0.503. The molecule has 3 N–H and O–H groups in total. The number of anilines is 1. The van der Waals surface area contributed by atoms with Crippen LogP contribution in [-0.4, -0.2) is 16.2 Å². The van der Waals surface area contributed by atoms with Crippen LogP contribution in [0.2, 0.25) is 10.0 Å². The highest BCUT2D eigenvalue weighted by atomic mass is 35.5. The Hall–Kier alpha value is -1.89. The zero-order valence-corrected chi connectivity index (χ0v) is 14.2. The van der Waals surface area contributed by atoms with Crippen LogP contribution in [-0.2, 0) is 6.54 Å². The Morgan fingerprint density at radius 3 is 2.30 bits per heavy atom. The van der Waals surface area contributed by atoms with Gasteiger partial charge in [0.1, 0.15) is 0 Å². The molecule has 23 heavy (non-hydrogen) atoms. The van der Waals surface area contributed by atoms with Gasteiger partial charge in [0.05, 0.1) is 16.6 Å². The molecule has 0 bridgehead atoms. The number of nitrogens with zero attached hydrogens (tertiary/aromatic N) is 1. The maximum absolute atomic E-state index is 12.1. The molecular weight excluding hydrogens is 357 g/mol. The summed E-state index contributed by atoms with van der Waals surface area (Å²) in [6, 6.07) is 10.9. The molecule has 2 rings (SSSR count). The molecule has 0 atom stereocenters. The van der Waals surface area contributed by atoms with Gasteiger partial charge in [0.25, 0.3) is 0 Å². The second-order valence-corrected chi connectivity index (χ2v) is 5.98. The lowest BCUT2D eigenvalue weighted by atomic mass is 10.1. The summed E-state index contributed by atoms with van der Waals surface area (Å²) in [6.07, 6.45) is 0. The van der Waals surface area contributed by atoms with E-state index >= 15 is 0 Å². The number of primary amides is 1. The highest BCUT2D eigenvalue weighted by Crippen LogP contribution is 2.25. The lowest BCUT2D eigenvalue weighted by molar-refractivity contribution is 0.1000. The van der Waals surface area contributed by atoms with E-state index in [1.807, 2.05) is 0 Å². The smallest absolute Gasteiger partial charge is 0.331 e. The van der Waals surface area contributed by atoms with Crippen LogP contribution in [0.5, 0.6) is 0 Å². The first-order chi connectivity index (χ1) is 10.9. The number of nitrogens with two attached hydrogens (primary N) is 1. The number of carbonyl (C=O) groups excluding carboxylic acids is 2. The van der Waals surface area contributed by atoms with Crippen LogP contribution in [0.1, 0.15) is 15.9 Å². The zero-order chi connectivity index (χ0) is 17.0. The quantitative estimate of drug-likeness (QED) is 0.713. The van der Waals surface area contributed by atoms with E-state index in [1.165, 1.54) is 4.31 Å². The number of hydrogen-bond acceptors (Lipinski definition) is 3. The van der Waals surface area contributed by atoms with Gasteiger partial charge < -0.3 is 11.1 Å². The van der Waals surface area contributed by atoms with E-state index in [1.54, 1.807) is 42.5 Å². The standard InChI is InChI=1S/C15H13Cl2N3O2S/c16-12-6-5-11(7-13(12)17)19-15(22)20(23)8-9-1-3-10(4-2-9)14(18)21/h1-7,23H,8H2,(H2,18,21)(H,19,22). The molecule has 120 valence electrons. The van der Waals surface area contributed by atoms with Crippen LogP contribution in [0.3, 0.4) is 0 Å². The van der Waals surface area contributed by atoms with Gasteiger partial charge in [-0.15, -0.1) is 0 Å². The summed E-state index contributed by atoms with van der Waals surface area (Å²) >= 11 is 15.9. The maximum Gasteiger partial charge on any atom is 0.331 e. The molecule has 0 heterocycles. The minimum absolute atomic E-state index is 0.245. The molecular formula is C15H13Cl2N3O2S. The molecule has 8 heteroatoms. The second-order valence-electron chi connectivity index (χ2n) is 4.68. The van der Waals surface area contributed by atoms with Crippen molar-refractivity contribution >= 4 is 53.6 Å². The van der Waals surface area contributed by atoms with Crippen molar-refractivity contribution in [2.24, 2.45) is 5.73 Å². The lowest BCUT2D eigenvalue weighted by Crippen LogP contribution is -2.26. The number of hydrogen-bond donors (Lipinski definition) is 3. The Kier molecular flexibility index (Phi) is 5.76. The van der Waals surface area contributed by atoms with Crippen molar-refractivity contribution in [1.82, 2.24) is 4.31 Å². The van der Waals surface area contributed by atoms with Gasteiger partial charge in [-0.2, -0.15) is 0 Å². The molecule has 0 radical (unpaired) electrons. The van der Waals surface area contributed by atoms with Crippen LogP contribution < -0.4 is 11.1 Å². The highest BCUT2D eigenvalue weighted by Gasteiger charge is 2.12. The van der Waals surface area contributed by atoms with E-state index < -0.39 is 11.9 Å². The fourth-order valence-corrected chi connectivity index (χ4v) is 2.29. The summed E-state index contributed by atoms with van der Waals surface area (Å²) in [7, 11) is 0. The predicted octanol–water partition coefficient (Wildman–Crippen LogP) is 3.97. The van der Waals surface area contributed by atoms with Crippen molar-refractivity contribution in [2.75, 3.05) is 5.32 Å². The molecule has 3 amide bonds. The third-order valence-corrected chi connectivity index (χ3v) is 4.04. The number of amides is 3. The molecule has 0 aliphatic carbocycles. The third kappa shape index (κ3) is 4.79. The average molecular weight is 370 g/mol. The Labute approximate surface area is 148 Å². The summed E-state index contributed by atoms with van der Waals surface area (Å²) in [5.41, 5.74) is 6.88. The highest BCUT2D eigenvalue weighted by molar-refractivity contribution is 7.78. The molecule has 2 aromatic carbocycles. The summed E-state index contributed by atoms with van der Waals surface area (Å²) < 4.78 is 1.20. The van der Waals surface area contributed by atoms with Gasteiger partial charge in [-0.25, -0.2) is 4.79 Å². The zero-order valence-electron chi connectivity index (χ0n) is 11.8. The van der Waals surface area contributed by atoms with E-state index in [2.05, 4.69) is 18.1 Å². The summed E-state index contributed by atoms with van der Waals surface area (Å²) in [6.45, 7) is 0.245. The van der Waals surface area contributed by atoms with Crippen LogP contribution in [0.4, 0.5) is 10.5 Å². The normalized spacial score (nSPS) is 10.2. The SMILES string of the molecule is NC(=O)c1ccc(CN(S)C(=O)Nc2ccc(Cl)c(Cl)c2)cc1. The van der Waals surface area contributed by atoms with Gasteiger partial charge in [0.2, 0.25) is 5.91 Å². The molecule has 0 aliphatic heterocycles. The largest absolute Gasteiger partial charge is 0.366 e. The number of urea groups is 1. The fraction of sp³-hybridized carbons (Fsp3) is 0.0667. The maximum atomic E-state index is 12.1. The van der Waals surface area contributed by atoms with E-state index in [0.717, 1.165) is 5.56 Å². The lowest BCUT2D eigenvalue weighted by Gasteiger charge is -2.17. The Morgan fingerprint density at radius 1 is 1.09 bits per heavy atom. The first-order valence-corrected chi connectivity index (χ1v) is 7.63. The summed E-state index contributed by atoms with van der Waals surface area (Å²) in [4.78, 5) is 23.1. The molecule has 0 saturated carbocycles. The fourth-order valence-electron chi connectivity index (χ4n) is 1.78. The topological polar surface area (TPSA) is 75.4 Å². The first-order valence-electron chi connectivity index (χ1n) is 6.48. The molecule has 5 nitrogen and oxygen atoms in total. The van der Waals surface area contributed by atoms with Crippen LogP contribution in [0.25, 0.3) is 0 Å². The van der Waals surface area contributed by atoms with Gasteiger partial charge in [0.15, 0.2) is 0 Å². The monoisotopic (exact) mass is 369 g/mol. The first kappa shape index (κ1) is 17.5. The van der Waals surface area contributed by atoms with Crippen LogP contribution in [0.15, 0.2) is 42.5 Å². The summed E-state index contributed by atoms with van der Waals surface area (Å²) in [5.74, 6) is -0.503. The van der Waals surface area contributed by atoms with Crippen molar-refractivity contribution in [1.29, 1.82) is 0 Å². The van der Waals surface area contributed by atoms with Crippen LogP contribution >= 0.6 is 36.0 Å². The number of rotatable bonds is 4. The Bertz CT molecular complexity index is 738. The number of carbonyl (C=O) groups is 2. The summed E-state index contributed by atoms with van der Waals surface area (Å²) in [5, 5.41) is 3.40. The Balaban J connectivity index is 1.99. The molecule has 0 saturated heterocycles. The molecule has 0 fully saturated rings. The van der Waals surface area contributed by atoms with Gasteiger partial charge in [-0.05, 0) is 35.9 Å². The predicted molar refractivity (Wildman–Crippen MR) is 95.0 cm³/mol. The number of halogens is 2. The average Bonchev–Trinajstić information content (AvgIpc) is 2.51. The second kappa shape index (κ2) is 7.59. The van der Waals surface area contributed by atoms with E-state index in [0.29, 0.717) is 21.3 Å². The number of thiol groups is 1. The van der Waals surface area contributed by atoms with E-state index in [-0.39, 0.29) is 6.54 Å². The van der Waals surface area contributed by atoms with Gasteiger partial charge in [-0.3, -0.25) is 9.10 Å². The number of benzene rings is 2. The van der Waals surface area contributed by atoms with Gasteiger partial charge >= 0.3 is 6.03 Å². The Morgan fingerprint density at radius 2 is 1.74 bits per heavy atom. The molecule has 0 aliphatic rings. The van der Waals surface area contributed by atoms with Crippen molar-refractivity contribution in [3.8, 4) is 0 Å². The van der Waals surface area contributed by atoms with Crippen molar-refractivity contribution in [3.63, 3.8) is 0 Å². The molecule has 2 aromatic rings. The van der Waals surface area contributed by atoms with Gasteiger partial charge in [-0.1, -0.05) is 48.1 Å². The number of nitrogens with one attached hydrogen (secondary N) is 1. The van der Waals surface area contributed by atoms with Crippen molar-refractivity contribution < 1.29 is 9.59 Å².